The molecule has 2 aromatic rings. The highest BCUT2D eigenvalue weighted by molar-refractivity contribution is 6.31. The fourth-order valence-electron chi connectivity index (χ4n) is 6.64. The van der Waals surface area contributed by atoms with E-state index in [-0.39, 0.29) is 41.1 Å². The second-order valence-corrected chi connectivity index (χ2v) is 13.2. The van der Waals surface area contributed by atoms with Crippen molar-refractivity contribution in [2.24, 2.45) is 5.92 Å². The van der Waals surface area contributed by atoms with E-state index in [2.05, 4.69) is 37.1 Å². The third-order valence-corrected chi connectivity index (χ3v) is 9.42. The molecule has 3 atom stereocenters. The number of hydrogen-bond acceptors (Lipinski definition) is 3. The molecule has 8 heteroatoms. The predicted molar refractivity (Wildman–Crippen MR) is 160 cm³/mol. The fourth-order valence-corrected chi connectivity index (χ4v) is 6.81. The van der Waals surface area contributed by atoms with Gasteiger partial charge in [-0.3, -0.25) is 14.5 Å². The Hall–Kier alpha value is -2.51. The molecule has 0 aromatic heterocycles. The van der Waals surface area contributed by atoms with Crippen molar-refractivity contribution in [3.8, 4) is 0 Å². The molecule has 1 unspecified atom stereocenters. The smallest absolute Gasteiger partial charge is 0.226 e. The summed E-state index contributed by atoms with van der Waals surface area (Å²) in [7, 11) is 0. The average Bonchev–Trinajstić information content (AvgIpc) is 2.92. The number of piperidine rings is 2. The van der Waals surface area contributed by atoms with E-state index < -0.39 is 11.6 Å². The van der Waals surface area contributed by atoms with Crippen LogP contribution in [0, 0.1) is 24.5 Å². The number of nitrogens with zero attached hydrogens (tertiary/aromatic N) is 2. The summed E-state index contributed by atoms with van der Waals surface area (Å²) in [5, 5.41) is 3.75. The Morgan fingerprint density at radius 2 is 1.73 bits per heavy atom. The quantitative estimate of drug-likeness (QED) is 0.391. The van der Waals surface area contributed by atoms with Crippen molar-refractivity contribution in [1.29, 1.82) is 0 Å². The van der Waals surface area contributed by atoms with Crippen LogP contribution in [-0.4, -0.2) is 53.3 Å². The molecule has 4 rings (SSSR count). The van der Waals surface area contributed by atoms with Crippen molar-refractivity contribution in [2.75, 3.05) is 26.2 Å². The van der Waals surface area contributed by atoms with Gasteiger partial charge in [0.15, 0.2) is 0 Å². The topological polar surface area (TPSA) is 52.7 Å². The Balaban J connectivity index is 1.54. The number of rotatable bonds is 6. The van der Waals surface area contributed by atoms with Gasteiger partial charge in [-0.05, 0) is 100 Å². The van der Waals surface area contributed by atoms with E-state index in [0.29, 0.717) is 36.6 Å². The van der Waals surface area contributed by atoms with Crippen molar-refractivity contribution in [2.45, 2.75) is 90.6 Å². The highest BCUT2D eigenvalue weighted by atomic mass is 35.5. The number of carbonyl (C=O) groups excluding carboxylic acids is 2. The van der Waals surface area contributed by atoms with Gasteiger partial charge in [0.2, 0.25) is 11.8 Å². The van der Waals surface area contributed by atoms with Gasteiger partial charge in [-0.1, -0.05) is 30.7 Å². The van der Waals surface area contributed by atoms with Gasteiger partial charge in [0, 0.05) is 55.0 Å². The maximum atomic E-state index is 15.0. The van der Waals surface area contributed by atoms with E-state index in [1.54, 1.807) is 0 Å². The molecule has 41 heavy (non-hydrogen) atoms. The Morgan fingerprint density at radius 1 is 1.05 bits per heavy atom. The summed E-state index contributed by atoms with van der Waals surface area (Å²) in [5.41, 5.74) is 3.52. The monoisotopic (exact) mass is 587 g/mol. The van der Waals surface area contributed by atoms with Gasteiger partial charge in [-0.15, -0.1) is 0 Å². The van der Waals surface area contributed by atoms with Gasteiger partial charge in [0.25, 0.3) is 0 Å². The Kier molecular flexibility index (Phi) is 9.80. The van der Waals surface area contributed by atoms with E-state index in [9.17, 15) is 14.0 Å². The lowest BCUT2D eigenvalue weighted by atomic mass is 9.77. The summed E-state index contributed by atoms with van der Waals surface area (Å²) in [5.74, 6) is -1.68. The normalized spacial score (nSPS) is 21.5. The number of carbonyl (C=O) groups is 2. The molecule has 0 spiro atoms. The third kappa shape index (κ3) is 7.11. The summed E-state index contributed by atoms with van der Waals surface area (Å²) in [6.07, 6.45) is 2.98. The lowest BCUT2D eigenvalue weighted by Gasteiger charge is -2.46. The Bertz CT molecular complexity index is 1270. The molecule has 0 aliphatic carbocycles. The first kappa shape index (κ1) is 31.4. The number of halogens is 3. The van der Waals surface area contributed by atoms with E-state index in [4.69, 9.17) is 11.6 Å². The highest BCUT2D eigenvalue weighted by Gasteiger charge is 2.41. The van der Waals surface area contributed by atoms with Crippen LogP contribution in [0.3, 0.4) is 0 Å². The highest BCUT2D eigenvalue weighted by Crippen LogP contribution is 2.40. The van der Waals surface area contributed by atoms with Crippen LogP contribution in [0.1, 0.15) is 100 Å². The number of likely N-dealkylation sites (tertiary alicyclic amines) is 2. The molecule has 2 fully saturated rings. The zero-order chi connectivity index (χ0) is 30.1. The van der Waals surface area contributed by atoms with Crippen molar-refractivity contribution < 1.29 is 18.4 Å². The average molecular weight is 588 g/mol. The van der Waals surface area contributed by atoms with E-state index >= 15 is 4.39 Å². The lowest BCUT2D eigenvalue weighted by Crippen LogP contribution is -2.53. The van der Waals surface area contributed by atoms with E-state index in [1.165, 1.54) is 24.6 Å². The molecular formula is C33H44ClF2N3O2. The van der Waals surface area contributed by atoms with Crippen molar-refractivity contribution in [1.82, 2.24) is 15.1 Å². The molecule has 2 aliphatic heterocycles. The fraction of sp³-hybridized carbons (Fsp3) is 0.576. The van der Waals surface area contributed by atoms with Crippen LogP contribution in [0.2, 0.25) is 5.02 Å². The molecule has 2 saturated heterocycles. The van der Waals surface area contributed by atoms with Crippen molar-refractivity contribution >= 4 is 23.4 Å². The zero-order valence-corrected chi connectivity index (χ0v) is 26.0. The number of amides is 2. The van der Waals surface area contributed by atoms with Gasteiger partial charge in [-0.25, -0.2) is 8.78 Å². The molecule has 2 aromatic carbocycles. The lowest BCUT2D eigenvalue weighted by molar-refractivity contribution is -0.139. The number of aryl methyl sites for hydroxylation is 1. The molecule has 5 nitrogen and oxygen atoms in total. The molecule has 2 amide bonds. The van der Waals surface area contributed by atoms with Gasteiger partial charge >= 0.3 is 0 Å². The number of benzene rings is 2. The van der Waals surface area contributed by atoms with Crippen molar-refractivity contribution in [3.63, 3.8) is 0 Å². The molecule has 2 heterocycles. The van der Waals surface area contributed by atoms with Crippen LogP contribution in [0.15, 0.2) is 30.3 Å². The summed E-state index contributed by atoms with van der Waals surface area (Å²) >= 11 is 6.52. The van der Waals surface area contributed by atoms with Gasteiger partial charge < -0.3 is 10.2 Å². The van der Waals surface area contributed by atoms with Crippen molar-refractivity contribution in [3.05, 3.63) is 69.2 Å². The van der Waals surface area contributed by atoms with Crippen LogP contribution >= 0.6 is 11.6 Å². The molecular weight excluding hydrogens is 544 g/mol. The second kappa shape index (κ2) is 12.8. The Labute approximate surface area is 248 Å². The van der Waals surface area contributed by atoms with Gasteiger partial charge in [0.1, 0.15) is 11.6 Å². The van der Waals surface area contributed by atoms with Crippen LogP contribution in [0.5, 0.6) is 0 Å². The summed E-state index contributed by atoms with van der Waals surface area (Å²) in [6, 6.07) is 7.72. The maximum absolute atomic E-state index is 15.0. The van der Waals surface area contributed by atoms with Gasteiger partial charge in [0.05, 0.1) is 6.04 Å². The second-order valence-electron chi connectivity index (χ2n) is 12.8. The standard InChI is InChI=1S/C33H44ClF2N3O2/c1-7-31(37-21(3)40)27-18-29(34)20(2)16-26(27)22-10-13-38(14-11-22)32(41)25-12-15-39(33(4,5)6)19-28(25)24-9-8-23(35)17-30(24)36/h8-9,16-18,22,25,28,31H,7,10-15,19H2,1-6H3,(H,37,40)/t25?,28-,31+/m0/s1. The summed E-state index contributed by atoms with van der Waals surface area (Å²) < 4.78 is 28.8. The van der Waals surface area contributed by atoms with Crippen LogP contribution in [-0.2, 0) is 9.59 Å². The molecule has 0 radical (unpaired) electrons. The molecule has 0 bridgehead atoms. The summed E-state index contributed by atoms with van der Waals surface area (Å²) in [4.78, 5) is 30.1. The largest absolute Gasteiger partial charge is 0.350 e. The van der Waals surface area contributed by atoms with Crippen LogP contribution in [0.4, 0.5) is 8.78 Å². The number of nitrogens with one attached hydrogen (secondary N) is 1. The first-order chi connectivity index (χ1) is 19.3. The minimum Gasteiger partial charge on any atom is -0.350 e. The van der Waals surface area contributed by atoms with Gasteiger partial charge in [-0.2, -0.15) is 0 Å². The van der Waals surface area contributed by atoms with E-state index in [0.717, 1.165) is 43.0 Å². The zero-order valence-electron chi connectivity index (χ0n) is 25.2. The SMILES string of the molecule is CC[C@@H](NC(C)=O)c1cc(Cl)c(C)cc1C1CCN(C(=O)C2CCN(C(C)(C)C)C[C@H]2c2ccc(F)cc2F)CC1. The minimum atomic E-state index is -0.611. The van der Waals surface area contributed by atoms with E-state index in [1.807, 2.05) is 24.8 Å². The third-order valence-electron chi connectivity index (χ3n) is 9.01. The Morgan fingerprint density at radius 3 is 2.32 bits per heavy atom. The first-order valence-electron chi connectivity index (χ1n) is 14.9. The first-order valence-corrected chi connectivity index (χ1v) is 15.2. The molecule has 0 saturated carbocycles. The maximum Gasteiger partial charge on any atom is 0.226 e. The molecule has 1 N–H and O–H groups in total. The molecule has 224 valence electrons. The number of hydrogen-bond donors (Lipinski definition) is 1. The minimum absolute atomic E-state index is 0.0583. The molecule has 2 aliphatic rings. The van der Waals surface area contributed by atoms with Crippen LogP contribution < -0.4 is 5.32 Å². The van der Waals surface area contributed by atoms with Crippen LogP contribution in [0.25, 0.3) is 0 Å². The predicted octanol–water partition coefficient (Wildman–Crippen LogP) is 7.12. The summed E-state index contributed by atoms with van der Waals surface area (Å²) in [6.45, 7) is 14.5.